The summed E-state index contributed by atoms with van der Waals surface area (Å²) in [6.07, 6.45) is 5.48. The smallest absolute Gasteiger partial charge is 0.113 e. The fourth-order valence-corrected chi connectivity index (χ4v) is 2.49. The Hall–Kier alpha value is -1.38. The van der Waals surface area contributed by atoms with Gasteiger partial charge in [0.05, 0.1) is 5.52 Å². The Balaban J connectivity index is 1.90. The molecule has 0 atom stereocenters. The third-order valence-electron chi connectivity index (χ3n) is 3.33. The van der Waals surface area contributed by atoms with Crippen molar-refractivity contribution >= 4 is 11.0 Å². The molecule has 15 heavy (non-hydrogen) atoms. The highest BCUT2D eigenvalue weighted by Crippen LogP contribution is 2.26. The van der Waals surface area contributed by atoms with Gasteiger partial charge in [-0.05, 0) is 30.9 Å². The van der Waals surface area contributed by atoms with Crippen molar-refractivity contribution in [3.05, 3.63) is 24.3 Å². The van der Waals surface area contributed by atoms with Crippen molar-refractivity contribution in [2.75, 3.05) is 0 Å². The minimum Gasteiger partial charge on any atom is -0.244 e. The molecular weight excluding hydrogens is 186 g/mol. The summed E-state index contributed by atoms with van der Waals surface area (Å²) in [6.45, 7) is 1.04. The van der Waals surface area contributed by atoms with E-state index in [0.717, 1.165) is 18.0 Å². The molecule has 1 aromatic heterocycles. The summed E-state index contributed by atoms with van der Waals surface area (Å²) in [5.41, 5.74) is 2.18. The maximum Gasteiger partial charge on any atom is 0.113 e. The van der Waals surface area contributed by atoms with Gasteiger partial charge in [0.1, 0.15) is 5.52 Å². The minimum absolute atomic E-state index is 0.815. The second kappa shape index (κ2) is 3.65. The average molecular weight is 201 g/mol. The SMILES string of the molecule is c1ccc2c(c1)nnn2CC1CCCC1. The van der Waals surface area contributed by atoms with Crippen molar-refractivity contribution in [3.8, 4) is 0 Å². The van der Waals surface area contributed by atoms with Gasteiger partial charge in [-0.2, -0.15) is 0 Å². The van der Waals surface area contributed by atoms with E-state index in [1.165, 1.54) is 31.2 Å². The molecule has 1 saturated carbocycles. The number of rotatable bonds is 2. The fraction of sp³-hybridized carbons (Fsp3) is 0.500. The Morgan fingerprint density at radius 3 is 2.87 bits per heavy atom. The number of benzene rings is 1. The number of para-hydroxylation sites is 1. The van der Waals surface area contributed by atoms with Crippen LogP contribution in [0.25, 0.3) is 11.0 Å². The Morgan fingerprint density at radius 2 is 2.00 bits per heavy atom. The van der Waals surface area contributed by atoms with Gasteiger partial charge in [-0.1, -0.05) is 30.2 Å². The number of fused-ring (bicyclic) bond motifs is 1. The first-order chi connectivity index (χ1) is 7.43. The largest absolute Gasteiger partial charge is 0.244 e. The summed E-state index contributed by atoms with van der Waals surface area (Å²) in [4.78, 5) is 0. The van der Waals surface area contributed by atoms with Crippen LogP contribution in [-0.2, 0) is 6.54 Å². The molecule has 0 radical (unpaired) electrons. The molecule has 0 spiro atoms. The first-order valence-corrected chi connectivity index (χ1v) is 5.72. The summed E-state index contributed by atoms with van der Waals surface area (Å²) in [7, 11) is 0. The molecule has 3 rings (SSSR count). The van der Waals surface area contributed by atoms with Crippen molar-refractivity contribution in [1.82, 2.24) is 15.0 Å². The van der Waals surface area contributed by atoms with Crippen molar-refractivity contribution in [2.45, 2.75) is 32.2 Å². The highest BCUT2D eigenvalue weighted by atomic mass is 15.4. The zero-order valence-electron chi connectivity index (χ0n) is 8.76. The van der Waals surface area contributed by atoms with Crippen molar-refractivity contribution < 1.29 is 0 Å². The number of aromatic nitrogens is 3. The molecule has 1 aromatic carbocycles. The predicted octanol–water partition coefficient (Wildman–Crippen LogP) is 2.62. The molecule has 2 aromatic rings. The molecule has 0 bridgehead atoms. The van der Waals surface area contributed by atoms with Crippen molar-refractivity contribution in [2.24, 2.45) is 5.92 Å². The third-order valence-corrected chi connectivity index (χ3v) is 3.33. The molecule has 0 N–H and O–H groups in total. The first-order valence-electron chi connectivity index (χ1n) is 5.72. The number of hydrogen-bond donors (Lipinski definition) is 0. The average Bonchev–Trinajstić information content (AvgIpc) is 2.89. The summed E-state index contributed by atoms with van der Waals surface area (Å²) in [5.74, 6) is 0.815. The molecular formula is C12H15N3. The van der Waals surface area contributed by atoms with Gasteiger partial charge in [0.25, 0.3) is 0 Å². The van der Waals surface area contributed by atoms with Crippen LogP contribution in [0.1, 0.15) is 25.7 Å². The van der Waals surface area contributed by atoms with Gasteiger partial charge in [-0.15, -0.1) is 5.10 Å². The van der Waals surface area contributed by atoms with Crippen LogP contribution in [-0.4, -0.2) is 15.0 Å². The minimum atomic E-state index is 0.815. The molecule has 1 fully saturated rings. The summed E-state index contributed by atoms with van der Waals surface area (Å²) in [6, 6.07) is 8.19. The van der Waals surface area contributed by atoms with Crippen molar-refractivity contribution in [1.29, 1.82) is 0 Å². The highest BCUT2D eigenvalue weighted by molar-refractivity contribution is 5.73. The lowest BCUT2D eigenvalue weighted by Crippen LogP contribution is -2.08. The number of hydrogen-bond acceptors (Lipinski definition) is 2. The van der Waals surface area contributed by atoms with E-state index in [-0.39, 0.29) is 0 Å². The van der Waals surface area contributed by atoms with Crippen molar-refractivity contribution in [3.63, 3.8) is 0 Å². The Morgan fingerprint density at radius 1 is 1.20 bits per heavy atom. The summed E-state index contributed by atoms with van der Waals surface area (Å²) in [5, 5.41) is 8.40. The van der Waals surface area contributed by atoms with E-state index in [0.29, 0.717) is 0 Å². The van der Waals surface area contributed by atoms with E-state index >= 15 is 0 Å². The number of nitrogens with zero attached hydrogens (tertiary/aromatic N) is 3. The van der Waals surface area contributed by atoms with E-state index in [1.54, 1.807) is 0 Å². The molecule has 1 aliphatic carbocycles. The molecule has 0 saturated heterocycles. The van der Waals surface area contributed by atoms with Gasteiger partial charge in [0.2, 0.25) is 0 Å². The molecule has 0 aliphatic heterocycles. The monoisotopic (exact) mass is 201 g/mol. The quantitative estimate of drug-likeness (QED) is 0.747. The van der Waals surface area contributed by atoms with E-state index in [1.807, 2.05) is 12.1 Å². The van der Waals surface area contributed by atoms with Crippen LogP contribution in [0.15, 0.2) is 24.3 Å². The normalized spacial score (nSPS) is 17.6. The Bertz CT molecular complexity index is 455. The van der Waals surface area contributed by atoms with Gasteiger partial charge in [0.15, 0.2) is 0 Å². The molecule has 3 nitrogen and oxygen atoms in total. The standard InChI is InChI=1S/C12H15N3/c1-2-6-10(5-1)9-15-12-8-4-3-7-11(12)13-14-15/h3-4,7-8,10H,1-2,5-6,9H2. The second-order valence-electron chi connectivity index (χ2n) is 4.41. The van der Waals surface area contributed by atoms with Crippen LogP contribution in [0, 0.1) is 5.92 Å². The lowest BCUT2D eigenvalue weighted by atomic mass is 10.1. The maximum absolute atomic E-state index is 4.23. The fourth-order valence-electron chi connectivity index (χ4n) is 2.49. The molecule has 3 heteroatoms. The highest BCUT2D eigenvalue weighted by Gasteiger charge is 2.16. The van der Waals surface area contributed by atoms with Crippen LogP contribution in [0.4, 0.5) is 0 Å². The maximum atomic E-state index is 4.23. The van der Waals surface area contributed by atoms with E-state index in [2.05, 4.69) is 27.1 Å². The lowest BCUT2D eigenvalue weighted by Gasteiger charge is -2.08. The van der Waals surface area contributed by atoms with E-state index < -0.39 is 0 Å². The second-order valence-corrected chi connectivity index (χ2v) is 4.41. The van der Waals surface area contributed by atoms with Gasteiger partial charge >= 0.3 is 0 Å². The van der Waals surface area contributed by atoms with Gasteiger partial charge in [-0.25, -0.2) is 4.68 Å². The van der Waals surface area contributed by atoms with Crippen LogP contribution in [0.3, 0.4) is 0 Å². The molecule has 78 valence electrons. The summed E-state index contributed by atoms with van der Waals surface area (Å²) < 4.78 is 2.06. The summed E-state index contributed by atoms with van der Waals surface area (Å²) >= 11 is 0. The van der Waals surface area contributed by atoms with Crippen LogP contribution in [0.5, 0.6) is 0 Å². The topological polar surface area (TPSA) is 30.7 Å². The Labute approximate surface area is 89.1 Å². The molecule has 1 aliphatic rings. The predicted molar refractivity (Wildman–Crippen MR) is 59.5 cm³/mol. The van der Waals surface area contributed by atoms with Crippen LogP contribution < -0.4 is 0 Å². The van der Waals surface area contributed by atoms with E-state index in [9.17, 15) is 0 Å². The van der Waals surface area contributed by atoms with Crippen LogP contribution >= 0.6 is 0 Å². The van der Waals surface area contributed by atoms with Crippen LogP contribution in [0.2, 0.25) is 0 Å². The van der Waals surface area contributed by atoms with E-state index in [4.69, 9.17) is 0 Å². The zero-order chi connectivity index (χ0) is 10.1. The first kappa shape index (κ1) is 8.89. The van der Waals surface area contributed by atoms with Gasteiger partial charge in [-0.3, -0.25) is 0 Å². The van der Waals surface area contributed by atoms with Gasteiger partial charge in [0, 0.05) is 6.54 Å². The molecule has 0 unspecified atom stereocenters. The van der Waals surface area contributed by atoms with Gasteiger partial charge < -0.3 is 0 Å². The zero-order valence-corrected chi connectivity index (χ0v) is 8.76. The molecule has 1 heterocycles. The Kier molecular flexibility index (Phi) is 2.16. The lowest BCUT2D eigenvalue weighted by molar-refractivity contribution is 0.430. The third kappa shape index (κ3) is 1.62. The molecule has 0 amide bonds.